The van der Waals surface area contributed by atoms with Gasteiger partial charge in [-0.25, -0.2) is 0 Å². The number of hydrogen-bond donors (Lipinski definition) is 2. The number of hydrogen-bond acceptors (Lipinski definition) is 16. The highest BCUT2D eigenvalue weighted by Crippen LogP contribution is 2.34. The predicted molar refractivity (Wildman–Crippen MR) is 120 cm³/mol. The van der Waals surface area contributed by atoms with Crippen LogP contribution in [0, 0.1) is 0 Å². The fraction of sp³-hybridized carbons (Fsp3) is 0.762. The van der Waals surface area contributed by atoms with E-state index in [0.717, 1.165) is 27.7 Å². The first-order valence-electron chi connectivity index (χ1n) is 11.3. The van der Waals surface area contributed by atoms with Gasteiger partial charge in [-0.3, -0.25) is 24.0 Å². The van der Waals surface area contributed by atoms with Gasteiger partial charge >= 0.3 is 23.9 Å². The van der Waals surface area contributed by atoms with Crippen LogP contribution in [0.4, 0.5) is 0 Å². The molecule has 2 aliphatic rings. The van der Waals surface area contributed by atoms with Crippen LogP contribution in [-0.2, 0) is 66.4 Å². The van der Waals surface area contributed by atoms with Gasteiger partial charge in [-0.15, -0.1) is 0 Å². The van der Waals surface area contributed by atoms with Gasteiger partial charge in [-0.05, 0) is 0 Å². The van der Waals surface area contributed by atoms with E-state index >= 15 is 0 Å². The molecule has 2 N–H and O–H groups in total. The molecule has 0 spiro atoms. The maximum Gasteiger partial charge on any atom is 0.303 e. The number of aliphatic hydroxyl groups excluding tert-OH is 2. The highest BCUT2D eigenvalue weighted by atomic mass is 31.0. The zero-order valence-electron chi connectivity index (χ0n) is 21.0. The standard InChI is InChI=1S/C21H31O16P/c1-8(24)29-6-13-15(31-9(2)25)17(30-7-23)19(33-11(4)27)20(35-13)36-18-16(32-10(3)26)14(28)12(5-22)34-21(18)37-38/h7,12-22,28H,5-6,38H2,1-4H3/t12-,13+,14+,15+,16-,17-,18-,19-,20+,21+/m0/s1. The smallest absolute Gasteiger partial charge is 0.303 e. The minimum atomic E-state index is -1.68. The Balaban J connectivity index is 2.51. The van der Waals surface area contributed by atoms with Gasteiger partial charge < -0.3 is 52.6 Å². The van der Waals surface area contributed by atoms with Crippen LogP contribution >= 0.6 is 9.47 Å². The summed E-state index contributed by atoms with van der Waals surface area (Å²) in [5, 5.41) is 20.2. The van der Waals surface area contributed by atoms with Crippen LogP contribution in [0.3, 0.4) is 0 Å². The van der Waals surface area contributed by atoms with E-state index in [2.05, 4.69) is 0 Å². The van der Waals surface area contributed by atoms with Gasteiger partial charge in [-0.1, -0.05) is 0 Å². The summed E-state index contributed by atoms with van der Waals surface area (Å²) in [6, 6.07) is 0. The van der Waals surface area contributed by atoms with Crippen molar-refractivity contribution in [3.05, 3.63) is 0 Å². The van der Waals surface area contributed by atoms with Gasteiger partial charge in [0.05, 0.1) is 6.61 Å². The largest absolute Gasteiger partial charge is 0.463 e. The Hall–Kier alpha value is -2.46. The van der Waals surface area contributed by atoms with E-state index < -0.39 is 98.5 Å². The molecule has 17 heteroatoms. The van der Waals surface area contributed by atoms with Gasteiger partial charge in [0.25, 0.3) is 6.47 Å². The Morgan fingerprint density at radius 3 is 1.84 bits per heavy atom. The van der Waals surface area contributed by atoms with E-state index in [0.29, 0.717) is 0 Å². The Morgan fingerprint density at radius 2 is 1.34 bits per heavy atom. The van der Waals surface area contributed by atoms with Crippen molar-refractivity contribution < 1.29 is 76.6 Å². The lowest BCUT2D eigenvalue weighted by atomic mass is 9.96. The van der Waals surface area contributed by atoms with E-state index in [9.17, 15) is 34.2 Å². The molecule has 0 saturated carbocycles. The fourth-order valence-corrected chi connectivity index (χ4v) is 4.19. The van der Waals surface area contributed by atoms with Crippen molar-refractivity contribution in [1.82, 2.24) is 0 Å². The number of aliphatic hydroxyl groups is 2. The first kappa shape index (κ1) is 31.8. The van der Waals surface area contributed by atoms with Crippen LogP contribution < -0.4 is 0 Å². The lowest BCUT2D eigenvalue weighted by molar-refractivity contribution is -0.358. The molecule has 0 aromatic carbocycles. The van der Waals surface area contributed by atoms with Crippen molar-refractivity contribution in [2.45, 2.75) is 89.1 Å². The van der Waals surface area contributed by atoms with Crippen molar-refractivity contribution in [3.8, 4) is 0 Å². The Bertz CT molecular complexity index is 853. The summed E-state index contributed by atoms with van der Waals surface area (Å²) in [4.78, 5) is 58.3. The molecule has 1 unspecified atom stereocenters. The lowest BCUT2D eigenvalue weighted by Gasteiger charge is -2.47. The average Bonchev–Trinajstić information content (AvgIpc) is 2.83. The minimum Gasteiger partial charge on any atom is -0.463 e. The van der Waals surface area contributed by atoms with Gasteiger partial charge in [0.15, 0.2) is 43.1 Å². The van der Waals surface area contributed by atoms with Crippen molar-refractivity contribution in [2.24, 2.45) is 0 Å². The third-order valence-corrected chi connectivity index (χ3v) is 5.65. The molecule has 11 atom stereocenters. The molecule has 2 rings (SSSR count). The molecule has 0 radical (unpaired) electrons. The summed E-state index contributed by atoms with van der Waals surface area (Å²) in [5.74, 6) is -3.23. The minimum absolute atomic E-state index is 0.0124. The van der Waals surface area contributed by atoms with E-state index in [-0.39, 0.29) is 6.47 Å². The Labute approximate surface area is 219 Å². The Morgan fingerprint density at radius 1 is 0.789 bits per heavy atom. The molecule has 0 amide bonds. The summed E-state index contributed by atoms with van der Waals surface area (Å²) in [6.07, 6.45) is -14.7. The maximum absolute atomic E-state index is 11.9. The molecule has 0 aromatic rings. The van der Waals surface area contributed by atoms with Crippen molar-refractivity contribution in [3.63, 3.8) is 0 Å². The van der Waals surface area contributed by atoms with Crippen molar-refractivity contribution >= 4 is 39.8 Å². The quantitative estimate of drug-likeness (QED) is 0.118. The molecule has 2 heterocycles. The monoisotopic (exact) mass is 570 g/mol. The number of esters is 4. The topological polar surface area (TPSA) is 209 Å². The number of carbonyl (C=O) groups excluding carboxylic acids is 5. The predicted octanol–water partition coefficient (Wildman–Crippen LogP) is -2.12. The van der Waals surface area contributed by atoms with E-state index in [4.69, 9.17) is 42.4 Å². The van der Waals surface area contributed by atoms with Crippen LogP contribution in [0.15, 0.2) is 0 Å². The third-order valence-electron chi connectivity index (χ3n) is 5.38. The van der Waals surface area contributed by atoms with Crippen LogP contribution in [0.2, 0.25) is 0 Å². The van der Waals surface area contributed by atoms with Gasteiger partial charge in [0.2, 0.25) is 0 Å². The molecule has 0 aliphatic carbocycles. The molecular weight excluding hydrogens is 539 g/mol. The molecule has 0 aromatic heterocycles. The molecule has 2 aliphatic heterocycles. The Kier molecular flexibility index (Phi) is 12.2. The summed E-state index contributed by atoms with van der Waals surface area (Å²) < 4.78 is 48.2. The summed E-state index contributed by atoms with van der Waals surface area (Å²) in [5.41, 5.74) is 0. The van der Waals surface area contributed by atoms with Gasteiger partial charge in [-0.2, -0.15) is 0 Å². The van der Waals surface area contributed by atoms with E-state index in [1.807, 2.05) is 9.47 Å². The highest BCUT2D eigenvalue weighted by molar-refractivity contribution is 7.09. The first-order chi connectivity index (χ1) is 17.9. The second kappa shape index (κ2) is 14.6. The van der Waals surface area contributed by atoms with Crippen molar-refractivity contribution in [1.29, 1.82) is 0 Å². The van der Waals surface area contributed by atoms with E-state index in [1.54, 1.807) is 0 Å². The van der Waals surface area contributed by atoms with Crippen LogP contribution in [0.5, 0.6) is 0 Å². The lowest BCUT2D eigenvalue weighted by Crippen LogP contribution is -2.66. The second-order valence-electron chi connectivity index (χ2n) is 8.22. The molecular formula is C21H31O16P. The second-order valence-corrected chi connectivity index (χ2v) is 8.49. The molecule has 2 fully saturated rings. The van der Waals surface area contributed by atoms with Gasteiger partial charge in [0.1, 0.15) is 24.9 Å². The molecule has 16 nitrogen and oxygen atoms in total. The molecule has 0 bridgehead atoms. The van der Waals surface area contributed by atoms with Gasteiger partial charge in [0, 0.05) is 37.2 Å². The normalized spacial score (nSPS) is 34.9. The highest BCUT2D eigenvalue weighted by Gasteiger charge is 2.56. The third kappa shape index (κ3) is 8.27. The fourth-order valence-electron chi connectivity index (χ4n) is 3.97. The summed E-state index contributed by atoms with van der Waals surface area (Å²) >= 11 is 0. The summed E-state index contributed by atoms with van der Waals surface area (Å²) in [6.45, 7) is 3.11. The SMILES string of the molecule is CC(=O)OC[C@H]1O[C@H](O[C@@H]2[C@@H](OP)O[C@@H](CO)[C@@H](O)[C@@H]2OC(C)=O)[C@@H](OC(C)=O)[C@@H](OC=O)[C@@H]1OC(C)=O. The molecule has 38 heavy (non-hydrogen) atoms. The van der Waals surface area contributed by atoms with Crippen molar-refractivity contribution in [2.75, 3.05) is 13.2 Å². The van der Waals surface area contributed by atoms with Crippen LogP contribution in [-0.4, -0.2) is 115 Å². The first-order valence-corrected chi connectivity index (χ1v) is 11.8. The zero-order valence-corrected chi connectivity index (χ0v) is 22.1. The van der Waals surface area contributed by atoms with Crippen LogP contribution in [0.25, 0.3) is 0 Å². The maximum atomic E-state index is 11.9. The summed E-state index contributed by atoms with van der Waals surface area (Å²) in [7, 11) is 1.89. The van der Waals surface area contributed by atoms with Crippen LogP contribution in [0.1, 0.15) is 27.7 Å². The molecule has 2 saturated heterocycles. The van der Waals surface area contributed by atoms with E-state index in [1.165, 1.54) is 0 Å². The number of rotatable bonds is 11. The zero-order chi connectivity index (χ0) is 28.6. The average molecular weight is 570 g/mol. The molecule has 216 valence electrons. The number of ether oxygens (including phenoxy) is 8. The number of carbonyl (C=O) groups is 5.